The maximum atomic E-state index is 13.2. The number of aromatic nitrogens is 3. The van der Waals surface area contributed by atoms with Crippen molar-refractivity contribution in [3.63, 3.8) is 0 Å². The molecule has 0 saturated carbocycles. The van der Waals surface area contributed by atoms with Gasteiger partial charge in [0.15, 0.2) is 5.78 Å². The summed E-state index contributed by atoms with van der Waals surface area (Å²) < 4.78 is 1.99. The summed E-state index contributed by atoms with van der Waals surface area (Å²) in [6, 6.07) is 23.6. The molecule has 146 valence electrons. The van der Waals surface area contributed by atoms with Crippen LogP contribution in [-0.2, 0) is 0 Å². The number of carbonyl (C=O) groups excluding carboxylic acids is 1. The summed E-state index contributed by atoms with van der Waals surface area (Å²) >= 11 is 1.68. The Bertz CT molecular complexity index is 1140. The van der Waals surface area contributed by atoms with Gasteiger partial charge in [-0.25, -0.2) is 4.68 Å². The normalized spacial score (nSPS) is 12.2. The van der Waals surface area contributed by atoms with Crippen LogP contribution in [0.5, 0.6) is 0 Å². The Morgan fingerprint density at radius 2 is 1.79 bits per heavy atom. The van der Waals surface area contributed by atoms with E-state index in [0.29, 0.717) is 5.56 Å². The molecule has 29 heavy (non-hydrogen) atoms. The number of carbonyl (C=O) groups is 1. The van der Waals surface area contributed by atoms with Crippen LogP contribution < -0.4 is 0 Å². The second-order valence-electron chi connectivity index (χ2n) is 7.08. The molecule has 3 aromatic carbocycles. The van der Waals surface area contributed by atoms with E-state index in [1.807, 2.05) is 72.3 Å². The van der Waals surface area contributed by atoms with Crippen LogP contribution in [0.4, 0.5) is 0 Å². The summed E-state index contributed by atoms with van der Waals surface area (Å²) in [7, 11) is 0. The molecule has 5 heteroatoms. The lowest BCUT2D eigenvalue weighted by Gasteiger charge is -2.19. The van der Waals surface area contributed by atoms with E-state index in [2.05, 4.69) is 29.4 Å². The van der Waals surface area contributed by atoms with Crippen molar-refractivity contribution in [3.05, 3.63) is 89.5 Å². The Kier molecular flexibility index (Phi) is 5.76. The van der Waals surface area contributed by atoms with Gasteiger partial charge in [0.2, 0.25) is 0 Å². The molecule has 1 aromatic heterocycles. The molecular weight excluding hydrogens is 378 g/mol. The number of ketones is 1. The Balaban J connectivity index is 1.73. The maximum absolute atomic E-state index is 13.2. The van der Waals surface area contributed by atoms with Crippen molar-refractivity contribution in [1.29, 1.82) is 0 Å². The summed E-state index contributed by atoms with van der Waals surface area (Å²) in [5.74, 6) is 0.0514. The Labute approximate surface area is 174 Å². The van der Waals surface area contributed by atoms with Crippen molar-refractivity contribution in [2.24, 2.45) is 0 Å². The molecule has 1 heterocycles. The van der Waals surface area contributed by atoms with Crippen LogP contribution in [0.15, 0.2) is 77.7 Å². The maximum Gasteiger partial charge on any atom is 0.194 e. The molecule has 0 bridgehead atoms. The lowest BCUT2D eigenvalue weighted by Crippen LogP contribution is -2.09. The number of hydrogen-bond acceptors (Lipinski definition) is 4. The van der Waals surface area contributed by atoms with E-state index in [-0.39, 0.29) is 11.2 Å². The smallest absolute Gasteiger partial charge is 0.194 e. The minimum absolute atomic E-state index is 0.0514. The van der Waals surface area contributed by atoms with E-state index in [1.165, 1.54) is 0 Å². The molecule has 0 aliphatic heterocycles. The quantitative estimate of drug-likeness (QED) is 0.279. The van der Waals surface area contributed by atoms with Gasteiger partial charge in [-0.3, -0.25) is 4.79 Å². The third-order valence-corrected chi connectivity index (χ3v) is 6.18. The molecule has 4 rings (SSSR count). The minimum atomic E-state index is 0.0514. The van der Waals surface area contributed by atoms with Crippen LogP contribution >= 0.6 is 11.8 Å². The standard InChI is InChI=1S/C24H23N3OS/c1-3-9-23(27-21-13-8-7-12-20(21)25-26-27)29-22-15-14-17(2)16-19(22)24(28)18-10-5-4-6-11-18/h4-8,10-16,23H,3,9H2,1-2H3. The molecule has 0 radical (unpaired) electrons. The molecule has 4 aromatic rings. The molecule has 0 amide bonds. The van der Waals surface area contributed by atoms with Crippen LogP contribution in [-0.4, -0.2) is 20.8 Å². The van der Waals surface area contributed by atoms with Crippen molar-refractivity contribution in [1.82, 2.24) is 15.0 Å². The lowest BCUT2D eigenvalue weighted by molar-refractivity contribution is 0.103. The Hall–Kier alpha value is -2.92. The van der Waals surface area contributed by atoms with E-state index >= 15 is 0 Å². The van der Waals surface area contributed by atoms with Gasteiger partial charge >= 0.3 is 0 Å². The largest absolute Gasteiger partial charge is 0.289 e. The predicted molar refractivity (Wildman–Crippen MR) is 118 cm³/mol. The first-order chi connectivity index (χ1) is 14.2. The summed E-state index contributed by atoms with van der Waals surface area (Å²) in [6.45, 7) is 4.18. The SMILES string of the molecule is CCCC(Sc1ccc(C)cc1C(=O)c1ccccc1)n1nnc2ccccc21. The summed E-state index contributed by atoms with van der Waals surface area (Å²) in [6.07, 6.45) is 1.95. The first-order valence-corrected chi connectivity index (χ1v) is 10.7. The third-order valence-electron chi connectivity index (χ3n) is 4.86. The topological polar surface area (TPSA) is 47.8 Å². The number of thioether (sulfide) groups is 1. The van der Waals surface area contributed by atoms with E-state index in [9.17, 15) is 4.79 Å². The molecule has 0 aliphatic rings. The molecule has 0 N–H and O–H groups in total. The minimum Gasteiger partial charge on any atom is -0.289 e. The summed E-state index contributed by atoms with van der Waals surface area (Å²) in [4.78, 5) is 14.2. The van der Waals surface area contributed by atoms with Gasteiger partial charge in [-0.2, -0.15) is 0 Å². The van der Waals surface area contributed by atoms with E-state index in [4.69, 9.17) is 0 Å². The zero-order valence-corrected chi connectivity index (χ0v) is 17.4. The molecule has 1 atom stereocenters. The first-order valence-electron chi connectivity index (χ1n) is 9.84. The van der Waals surface area contributed by atoms with Gasteiger partial charge < -0.3 is 0 Å². The number of hydrogen-bond donors (Lipinski definition) is 0. The Morgan fingerprint density at radius 3 is 2.59 bits per heavy atom. The molecule has 0 fully saturated rings. The molecule has 0 spiro atoms. The molecule has 0 saturated heterocycles. The zero-order valence-electron chi connectivity index (χ0n) is 16.6. The van der Waals surface area contributed by atoms with E-state index < -0.39 is 0 Å². The van der Waals surface area contributed by atoms with Crippen LogP contribution in [0.3, 0.4) is 0 Å². The van der Waals surface area contributed by atoms with Crippen molar-refractivity contribution in [2.45, 2.75) is 37.0 Å². The van der Waals surface area contributed by atoms with Crippen molar-refractivity contribution in [2.75, 3.05) is 0 Å². The summed E-state index contributed by atoms with van der Waals surface area (Å²) in [5.41, 5.74) is 4.43. The van der Waals surface area contributed by atoms with Gasteiger partial charge in [0.25, 0.3) is 0 Å². The number of fused-ring (bicyclic) bond motifs is 1. The monoisotopic (exact) mass is 401 g/mol. The Morgan fingerprint density at radius 1 is 1.03 bits per heavy atom. The van der Waals surface area contributed by atoms with E-state index in [1.54, 1.807) is 11.8 Å². The highest BCUT2D eigenvalue weighted by Crippen LogP contribution is 2.38. The molecule has 4 nitrogen and oxygen atoms in total. The van der Waals surface area contributed by atoms with Crippen LogP contribution in [0, 0.1) is 6.92 Å². The first kappa shape index (κ1) is 19.4. The average molecular weight is 402 g/mol. The van der Waals surface area contributed by atoms with E-state index in [0.717, 1.165) is 39.9 Å². The van der Waals surface area contributed by atoms with Crippen molar-refractivity contribution < 1.29 is 4.79 Å². The highest BCUT2D eigenvalue weighted by atomic mass is 32.2. The molecule has 1 unspecified atom stereocenters. The fraction of sp³-hybridized carbons (Fsp3) is 0.208. The van der Waals surface area contributed by atoms with Gasteiger partial charge in [0.1, 0.15) is 10.9 Å². The predicted octanol–water partition coefficient (Wildman–Crippen LogP) is 6.06. The zero-order chi connectivity index (χ0) is 20.2. The fourth-order valence-corrected chi connectivity index (χ4v) is 4.72. The number of rotatable bonds is 7. The number of aryl methyl sites for hydroxylation is 1. The van der Waals surface area contributed by atoms with Crippen LogP contribution in [0.25, 0.3) is 11.0 Å². The van der Waals surface area contributed by atoms with Crippen LogP contribution in [0.1, 0.15) is 46.6 Å². The molecular formula is C24H23N3OS. The van der Waals surface area contributed by atoms with Gasteiger partial charge in [-0.15, -0.1) is 5.10 Å². The lowest BCUT2D eigenvalue weighted by atomic mass is 10.0. The van der Waals surface area contributed by atoms with Gasteiger partial charge in [-0.1, -0.05) is 84.4 Å². The van der Waals surface area contributed by atoms with Gasteiger partial charge in [-0.05, 0) is 37.6 Å². The number of nitrogens with zero attached hydrogens (tertiary/aromatic N) is 3. The second kappa shape index (κ2) is 8.62. The second-order valence-corrected chi connectivity index (χ2v) is 8.30. The van der Waals surface area contributed by atoms with Crippen molar-refractivity contribution in [3.8, 4) is 0 Å². The number of para-hydroxylation sites is 1. The van der Waals surface area contributed by atoms with Crippen LogP contribution in [0.2, 0.25) is 0 Å². The third kappa shape index (κ3) is 4.10. The highest BCUT2D eigenvalue weighted by molar-refractivity contribution is 7.99. The average Bonchev–Trinajstić information content (AvgIpc) is 3.19. The van der Waals surface area contributed by atoms with Crippen molar-refractivity contribution >= 4 is 28.6 Å². The molecule has 0 aliphatic carbocycles. The summed E-state index contributed by atoms with van der Waals surface area (Å²) in [5, 5.41) is 8.80. The number of benzene rings is 3. The highest BCUT2D eigenvalue weighted by Gasteiger charge is 2.21. The van der Waals surface area contributed by atoms with Gasteiger partial charge in [0, 0.05) is 16.0 Å². The fourth-order valence-electron chi connectivity index (χ4n) is 3.39. The van der Waals surface area contributed by atoms with Gasteiger partial charge in [0.05, 0.1) is 5.52 Å².